The van der Waals surface area contributed by atoms with Crippen molar-refractivity contribution in [3.8, 4) is 11.5 Å². The van der Waals surface area contributed by atoms with Crippen molar-refractivity contribution in [2.24, 2.45) is 0 Å². The van der Waals surface area contributed by atoms with Crippen molar-refractivity contribution >= 4 is 34.5 Å². The van der Waals surface area contributed by atoms with E-state index >= 15 is 0 Å². The quantitative estimate of drug-likeness (QED) is 0.514. The molecule has 3 heterocycles. The molecule has 0 radical (unpaired) electrons. The van der Waals surface area contributed by atoms with Gasteiger partial charge in [-0.3, -0.25) is 14.6 Å². The van der Waals surface area contributed by atoms with Crippen LogP contribution < -0.4 is 25.4 Å². The molecule has 0 bridgehead atoms. The lowest BCUT2D eigenvalue weighted by molar-refractivity contribution is -0.286. The molecule has 2 aromatic heterocycles. The maximum atomic E-state index is 13.2. The molecule has 1 aromatic carbocycles. The molecule has 0 saturated heterocycles. The van der Waals surface area contributed by atoms with E-state index in [1.54, 1.807) is 12.1 Å². The number of ether oxygens (including phenoxy) is 2. The Labute approximate surface area is 185 Å². The number of aryl methyl sites for hydroxylation is 1. The predicted molar refractivity (Wildman–Crippen MR) is 115 cm³/mol. The molecule has 0 spiro atoms. The lowest BCUT2D eigenvalue weighted by Gasteiger charge is -2.09. The summed E-state index contributed by atoms with van der Waals surface area (Å²) in [5, 5.41) is 8.41. The summed E-state index contributed by atoms with van der Waals surface area (Å²) in [4.78, 5) is 30.0. The summed E-state index contributed by atoms with van der Waals surface area (Å²) in [6, 6.07) is 9.29. The molecule has 3 aromatic rings. The van der Waals surface area contributed by atoms with Crippen LogP contribution in [0.15, 0.2) is 42.6 Å². The highest BCUT2D eigenvalue weighted by Crippen LogP contribution is 2.42. The van der Waals surface area contributed by atoms with E-state index in [1.807, 2.05) is 13.0 Å². The van der Waals surface area contributed by atoms with Crippen molar-refractivity contribution in [1.29, 1.82) is 0 Å². The number of benzene rings is 1. The third-order valence-electron chi connectivity index (χ3n) is 4.49. The molecule has 1 aliphatic heterocycles. The van der Waals surface area contributed by atoms with Crippen molar-refractivity contribution in [2.75, 3.05) is 17.7 Å². The first-order valence-corrected chi connectivity index (χ1v) is 10.3. The second-order valence-corrected chi connectivity index (χ2v) is 8.12. The fourth-order valence-electron chi connectivity index (χ4n) is 3.06. The number of carbonyl (C=O) groups is 2. The van der Waals surface area contributed by atoms with E-state index in [9.17, 15) is 18.4 Å². The van der Waals surface area contributed by atoms with Crippen molar-refractivity contribution in [1.82, 2.24) is 10.3 Å². The standard InChI is InChI=1S/C21H18F2N4O4S/c1-11-7-14(26-10-12-5-6-25-15(8-12)19(28)24-2)18(32-11)20(29)27-13-3-4-16-17(9-13)31-21(22,23)30-16/h3-9,26H,10H2,1-2H3,(H,24,28)(H,27,29). The van der Waals surface area contributed by atoms with Crippen molar-refractivity contribution < 1.29 is 27.8 Å². The zero-order chi connectivity index (χ0) is 22.9. The SMILES string of the molecule is CNC(=O)c1cc(CNc2cc(C)sc2C(=O)Nc2ccc3c(c2)OC(F)(F)O3)ccn1. The van der Waals surface area contributed by atoms with Crippen LogP contribution in [0.4, 0.5) is 20.2 Å². The van der Waals surface area contributed by atoms with Gasteiger partial charge in [-0.05, 0) is 42.8 Å². The van der Waals surface area contributed by atoms with Gasteiger partial charge < -0.3 is 25.4 Å². The predicted octanol–water partition coefficient (Wildman–Crippen LogP) is 4.00. The Morgan fingerprint density at radius 2 is 1.88 bits per heavy atom. The molecule has 8 nitrogen and oxygen atoms in total. The largest absolute Gasteiger partial charge is 0.586 e. The van der Waals surface area contributed by atoms with Crippen LogP contribution in [0.1, 0.15) is 30.6 Å². The van der Waals surface area contributed by atoms with Crippen LogP contribution in [0.5, 0.6) is 11.5 Å². The molecule has 1 aliphatic rings. The molecule has 0 atom stereocenters. The Balaban J connectivity index is 1.47. The lowest BCUT2D eigenvalue weighted by atomic mass is 10.2. The normalized spacial score (nSPS) is 13.5. The number of rotatable bonds is 6. The van der Waals surface area contributed by atoms with Gasteiger partial charge in [0.05, 0.1) is 5.69 Å². The molecule has 32 heavy (non-hydrogen) atoms. The van der Waals surface area contributed by atoms with Gasteiger partial charge in [0.15, 0.2) is 11.5 Å². The van der Waals surface area contributed by atoms with Crippen LogP contribution in [-0.2, 0) is 6.54 Å². The number of aromatic nitrogens is 1. The van der Waals surface area contributed by atoms with Crippen LogP contribution in [0.25, 0.3) is 0 Å². The number of anilines is 2. The number of pyridine rings is 1. The molecular formula is C21H18F2N4O4S. The second-order valence-electron chi connectivity index (χ2n) is 6.86. The second kappa shape index (κ2) is 8.42. The van der Waals surface area contributed by atoms with E-state index < -0.39 is 12.2 Å². The molecule has 4 rings (SSSR count). The van der Waals surface area contributed by atoms with E-state index in [2.05, 4.69) is 30.4 Å². The highest BCUT2D eigenvalue weighted by molar-refractivity contribution is 7.14. The van der Waals surface area contributed by atoms with Crippen LogP contribution in [0, 0.1) is 6.92 Å². The molecule has 3 N–H and O–H groups in total. The molecule has 0 unspecified atom stereocenters. The van der Waals surface area contributed by atoms with E-state index in [0.29, 0.717) is 22.8 Å². The van der Waals surface area contributed by atoms with Gasteiger partial charge in [-0.15, -0.1) is 20.1 Å². The summed E-state index contributed by atoms with van der Waals surface area (Å²) in [6.07, 6.45) is -2.19. The number of fused-ring (bicyclic) bond motifs is 1. The number of nitrogens with one attached hydrogen (secondary N) is 3. The maximum Gasteiger partial charge on any atom is 0.586 e. The minimum absolute atomic E-state index is 0.101. The van der Waals surface area contributed by atoms with E-state index in [1.165, 1.54) is 42.8 Å². The Hall–Kier alpha value is -3.73. The van der Waals surface area contributed by atoms with Gasteiger partial charge in [0.2, 0.25) is 0 Å². The van der Waals surface area contributed by atoms with Crippen LogP contribution >= 0.6 is 11.3 Å². The number of nitrogens with zero attached hydrogens (tertiary/aromatic N) is 1. The van der Waals surface area contributed by atoms with Crippen LogP contribution in [0.3, 0.4) is 0 Å². The van der Waals surface area contributed by atoms with Crippen molar-refractivity contribution in [3.05, 3.63) is 63.6 Å². The Bertz CT molecular complexity index is 1200. The van der Waals surface area contributed by atoms with E-state index in [4.69, 9.17) is 0 Å². The Kier molecular flexibility index (Phi) is 5.66. The highest BCUT2D eigenvalue weighted by Gasteiger charge is 2.43. The summed E-state index contributed by atoms with van der Waals surface area (Å²) in [5.41, 5.74) is 2.00. The lowest BCUT2D eigenvalue weighted by Crippen LogP contribution is -2.25. The summed E-state index contributed by atoms with van der Waals surface area (Å²) in [5.74, 6) is -0.953. The van der Waals surface area contributed by atoms with Gasteiger partial charge in [-0.2, -0.15) is 0 Å². The number of halogens is 2. The number of hydrogen-bond donors (Lipinski definition) is 3. The van der Waals surface area contributed by atoms with E-state index in [-0.39, 0.29) is 23.1 Å². The van der Waals surface area contributed by atoms with Crippen LogP contribution in [-0.4, -0.2) is 30.1 Å². The Morgan fingerprint density at radius 1 is 1.09 bits per heavy atom. The maximum absolute atomic E-state index is 13.2. The molecule has 0 fully saturated rings. The topological polar surface area (TPSA) is 102 Å². The van der Waals surface area contributed by atoms with Gasteiger partial charge in [0, 0.05) is 36.4 Å². The number of carbonyl (C=O) groups excluding carboxylic acids is 2. The average molecular weight is 460 g/mol. The number of hydrogen-bond acceptors (Lipinski definition) is 7. The first-order valence-electron chi connectivity index (χ1n) is 9.46. The van der Waals surface area contributed by atoms with Crippen LogP contribution in [0.2, 0.25) is 0 Å². The van der Waals surface area contributed by atoms with Crippen molar-refractivity contribution in [3.63, 3.8) is 0 Å². The summed E-state index contributed by atoms with van der Waals surface area (Å²) < 4.78 is 35.2. The number of amides is 2. The molecular weight excluding hydrogens is 442 g/mol. The monoisotopic (exact) mass is 460 g/mol. The van der Waals surface area contributed by atoms with E-state index in [0.717, 1.165) is 10.4 Å². The first-order chi connectivity index (χ1) is 15.2. The average Bonchev–Trinajstić information content (AvgIpc) is 3.29. The third-order valence-corrected chi connectivity index (χ3v) is 5.54. The number of alkyl halides is 2. The van der Waals surface area contributed by atoms with Gasteiger partial charge in [0.25, 0.3) is 11.8 Å². The molecule has 0 aliphatic carbocycles. The molecule has 166 valence electrons. The van der Waals surface area contributed by atoms with Gasteiger partial charge >= 0.3 is 6.29 Å². The minimum Gasteiger partial charge on any atom is -0.395 e. The Morgan fingerprint density at radius 3 is 2.66 bits per heavy atom. The summed E-state index contributed by atoms with van der Waals surface area (Å²) in [6.45, 7) is 2.23. The molecule has 0 saturated carbocycles. The zero-order valence-electron chi connectivity index (χ0n) is 17.0. The minimum atomic E-state index is -3.72. The number of thiophene rings is 1. The third kappa shape index (κ3) is 4.62. The molecule has 2 amide bonds. The fraction of sp³-hybridized carbons (Fsp3) is 0.190. The molecule has 11 heteroatoms. The summed E-state index contributed by atoms with van der Waals surface area (Å²) >= 11 is 1.29. The zero-order valence-corrected chi connectivity index (χ0v) is 17.8. The smallest absolute Gasteiger partial charge is 0.395 e. The van der Waals surface area contributed by atoms with Gasteiger partial charge in [-0.25, -0.2) is 0 Å². The van der Waals surface area contributed by atoms with Crippen molar-refractivity contribution in [2.45, 2.75) is 19.8 Å². The summed E-state index contributed by atoms with van der Waals surface area (Å²) in [7, 11) is 1.53. The van der Waals surface area contributed by atoms with Gasteiger partial charge in [-0.1, -0.05) is 0 Å². The fourth-order valence-corrected chi connectivity index (χ4v) is 3.95. The first kappa shape index (κ1) is 21.5. The van der Waals surface area contributed by atoms with Gasteiger partial charge in [0.1, 0.15) is 10.6 Å². The highest BCUT2D eigenvalue weighted by atomic mass is 32.1.